The van der Waals surface area contributed by atoms with E-state index >= 15 is 0 Å². The normalized spacial score (nSPS) is 27.5. The maximum atomic E-state index is 12.5. The highest BCUT2D eigenvalue weighted by Crippen LogP contribution is 2.40. The summed E-state index contributed by atoms with van der Waals surface area (Å²) < 4.78 is 5.87. The first-order valence-corrected chi connectivity index (χ1v) is 14.9. The number of unbranched alkanes of at least 4 members (excludes halogenated alkanes) is 2. The highest BCUT2D eigenvalue weighted by Gasteiger charge is 2.32. The molecule has 0 atom stereocenters. The molecule has 1 aromatic rings. The molecule has 2 aliphatic rings. The molecule has 3 heteroatoms. The Bertz CT molecular complexity index is 596. The average molecular weight is 415 g/mol. The minimum Gasteiger partial charge on any atom is -0.459 e. The lowest BCUT2D eigenvalue weighted by molar-refractivity contribution is 0.0127. The van der Waals surface area contributed by atoms with Gasteiger partial charge >= 0.3 is 5.97 Å². The number of carbonyl (C=O) groups excluding carboxylic acids is 1. The van der Waals surface area contributed by atoms with Crippen LogP contribution in [0.25, 0.3) is 0 Å². The third-order valence-electron chi connectivity index (χ3n) is 7.51. The molecule has 2 nitrogen and oxygen atoms in total. The number of hydrogen-bond acceptors (Lipinski definition) is 2. The first-order chi connectivity index (χ1) is 14.2. The van der Waals surface area contributed by atoms with Crippen molar-refractivity contribution in [2.24, 2.45) is 11.8 Å². The molecule has 0 radical (unpaired) electrons. The van der Waals surface area contributed by atoms with E-state index in [0.717, 1.165) is 31.1 Å². The fraction of sp³-hybridized carbons (Fsp3) is 0.731. The Labute approximate surface area is 180 Å². The van der Waals surface area contributed by atoms with Crippen molar-refractivity contribution in [3.05, 3.63) is 35.4 Å². The van der Waals surface area contributed by atoms with Crippen molar-refractivity contribution >= 4 is 14.8 Å². The van der Waals surface area contributed by atoms with Crippen LogP contribution in [-0.2, 0) is 11.2 Å². The molecule has 0 aromatic heterocycles. The second-order valence-electron chi connectivity index (χ2n) is 9.67. The van der Waals surface area contributed by atoms with Gasteiger partial charge in [0, 0.05) is 8.80 Å². The van der Waals surface area contributed by atoms with Gasteiger partial charge in [0.05, 0.1) is 5.56 Å². The molecular formula is C26H42O2Si. The minimum atomic E-state index is -0.368. The third-order valence-corrected chi connectivity index (χ3v) is 11.2. The summed E-state index contributed by atoms with van der Waals surface area (Å²) in [5.74, 6) is 1.73. The van der Waals surface area contributed by atoms with Crippen LogP contribution in [0.1, 0.15) is 94.0 Å². The molecule has 0 amide bonds. The Kier molecular flexibility index (Phi) is 9.29. The summed E-state index contributed by atoms with van der Waals surface area (Å²) in [6, 6.07) is 12.8. The predicted molar refractivity (Wildman–Crippen MR) is 125 cm³/mol. The van der Waals surface area contributed by atoms with Crippen LogP contribution in [0.4, 0.5) is 0 Å². The van der Waals surface area contributed by atoms with Crippen molar-refractivity contribution in [1.82, 2.24) is 0 Å². The van der Waals surface area contributed by atoms with Crippen molar-refractivity contribution < 1.29 is 9.53 Å². The molecule has 29 heavy (non-hydrogen) atoms. The van der Waals surface area contributed by atoms with E-state index in [1.54, 1.807) is 18.1 Å². The van der Waals surface area contributed by atoms with Gasteiger partial charge in [0.15, 0.2) is 0 Å². The van der Waals surface area contributed by atoms with Crippen molar-refractivity contribution in [3.8, 4) is 0 Å². The molecule has 1 saturated heterocycles. The van der Waals surface area contributed by atoms with E-state index in [0.29, 0.717) is 5.56 Å². The average Bonchev–Trinajstić information content (AvgIpc) is 2.76. The maximum absolute atomic E-state index is 12.5. The third kappa shape index (κ3) is 6.98. The molecule has 2 fully saturated rings. The summed E-state index contributed by atoms with van der Waals surface area (Å²) in [4.78, 5) is 12.5. The van der Waals surface area contributed by atoms with E-state index in [1.807, 2.05) is 12.1 Å². The van der Waals surface area contributed by atoms with Crippen LogP contribution >= 0.6 is 0 Å². The first kappa shape index (κ1) is 22.6. The van der Waals surface area contributed by atoms with Crippen LogP contribution in [0.2, 0.25) is 18.1 Å². The molecule has 1 aliphatic carbocycles. The summed E-state index contributed by atoms with van der Waals surface area (Å²) in [5, 5.41) is 0. The first-order valence-electron chi connectivity index (χ1n) is 12.5. The van der Waals surface area contributed by atoms with Gasteiger partial charge < -0.3 is 4.74 Å². The fourth-order valence-corrected chi connectivity index (χ4v) is 9.12. The zero-order valence-electron chi connectivity index (χ0n) is 18.8. The fourth-order valence-electron chi connectivity index (χ4n) is 5.64. The summed E-state index contributed by atoms with van der Waals surface area (Å²) in [6.45, 7) is 4.58. The highest BCUT2D eigenvalue weighted by molar-refractivity contribution is 6.58. The molecule has 162 valence electrons. The van der Waals surface area contributed by atoms with E-state index in [-0.39, 0.29) is 20.9 Å². The Morgan fingerprint density at radius 3 is 2.17 bits per heavy atom. The van der Waals surface area contributed by atoms with Gasteiger partial charge in [-0.15, -0.1) is 0 Å². The van der Waals surface area contributed by atoms with Crippen molar-refractivity contribution in [2.45, 2.75) is 109 Å². The smallest absolute Gasteiger partial charge is 0.338 e. The van der Waals surface area contributed by atoms with Crippen LogP contribution < -0.4 is 0 Å². The number of ether oxygens (including phenoxy) is 1. The molecule has 1 saturated carbocycles. The van der Waals surface area contributed by atoms with E-state index in [4.69, 9.17) is 4.74 Å². The maximum Gasteiger partial charge on any atom is 0.338 e. The van der Waals surface area contributed by atoms with Crippen LogP contribution in [0.15, 0.2) is 24.3 Å². The molecular weight excluding hydrogens is 372 g/mol. The van der Waals surface area contributed by atoms with Gasteiger partial charge in [0.2, 0.25) is 0 Å². The summed E-state index contributed by atoms with van der Waals surface area (Å²) in [6.07, 6.45) is 14.0. The standard InChI is InChI=1S/C26H42O2Si/c1-3-5-6-7-21-8-10-24(11-9-21)26(27)28-25-14-12-22(13-15-25)23-16-19-29(18-4-2)20-17-23/h8-11,22-23,25,29H,3-7,12-20H2,1-2H3/t22-,23?,25-,29?. The summed E-state index contributed by atoms with van der Waals surface area (Å²) >= 11 is 0. The lowest BCUT2D eigenvalue weighted by atomic mass is 9.76. The van der Waals surface area contributed by atoms with Crippen LogP contribution in [0.5, 0.6) is 0 Å². The Hall–Kier alpha value is -1.09. The van der Waals surface area contributed by atoms with Crippen molar-refractivity contribution in [3.63, 3.8) is 0 Å². The second kappa shape index (κ2) is 11.9. The zero-order valence-corrected chi connectivity index (χ0v) is 20.0. The monoisotopic (exact) mass is 414 g/mol. The van der Waals surface area contributed by atoms with E-state index in [9.17, 15) is 4.79 Å². The van der Waals surface area contributed by atoms with Gasteiger partial charge in [-0.2, -0.15) is 0 Å². The second-order valence-corrected chi connectivity index (χ2v) is 13.1. The number of esters is 1. The van der Waals surface area contributed by atoms with Crippen molar-refractivity contribution in [1.29, 1.82) is 0 Å². The molecule has 0 unspecified atom stereocenters. The van der Waals surface area contributed by atoms with E-state index < -0.39 is 0 Å². The lowest BCUT2D eigenvalue weighted by Crippen LogP contribution is -2.31. The van der Waals surface area contributed by atoms with Gasteiger partial charge in [-0.3, -0.25) is 0 Å². The quantitative estimate of drug-likeness (QED) is 0.243. The van der Waals surface area contributed by atoms with Gasteiger partial charge in [0.1, 0.15) is 6.10 Å². The number of carbonyl (C=O) groups is 1. The molecule has 1 aromatic carbocycles. The highest BCUT2D eigenvalue weighted by atomic mass is 28.3. The van der Waals surface area contributed by atoms with Crippen molar-refractivity contribution in [2.75, 3.05) is 0 Å². The number of rotatable bonds is 9. The van der Waals surface area contributed by atoms with Gasteiger partial charge in [-0.25, -0.2) is 4.79 Å². The molecule has 0 N–H and O–H groups in total. The largest absolute Gasteiger partial charge is 0.459 e. The molecule has 1 aliphatic heterocycles. The minimum absolute atomic E-state index is 0.125. The predicted octanol–water partition coefficient (Wildman–Crippen LogP) is 7.18. The van der Waals surface area contributed by atoms with Crippen LogP contribution in [0.3, 0.4) is 0 Å². The van der Waals surface area contributed by atoms with E-state index in [1.165, 1.54) is 56.9 Å². The number of benzene rings is 1. The summed E-state index contributed by atoms with van der Waals surface area (Å²) in [7, 11) is -0.368. The number of hydrogen-bond donors (Lipinski definition) is 0. The van der Waals surface area contributed by atoms with Gasteiger partial charge in [-0.05, 0) is 68.1 Å². The topological polar surface area (TPSA) is 26.3 Å². The SMILES string of the molecule is CCCCCc1ccc(C(=O)O[C@H]2CC[C@H](C3CC[SiH](CCC)CC3)CC2)cc1. The Balaban J connectivity index is 1.38. The molecule has 0 spiro atoms. The van der Waals surface area contributed by atoms with Gasteiger partial charge in [0.25, 0.3) is 0 Å². The number of aryl methyl sites for hydroxylation is 1. The molecule has 1 heterocycles. The van der Waals surface area contributed by atoms with Crippen LogP contribution in [-0.4, -0.2) is 20.9 Å². The molecule has 0 bridgehead atoms. The lowest BCUT2D eigenvalue weighted by Gasteiger charge is -2.37. The van der Waals surface area contributed by atoms with Crippen LogP contribution in [0, 0.1) is 11.8 Å². The van der Waals surface area contributed by atoms with Gasteiger partial charge in [-0.1, -0.05) is 76.2 Å². The Morgan fingerprint density at radius 1 is 0.897 bits per heavy atom. The Morgan fingerprint density at radius 2 is 1.55 bits per heavy atom. The summed E-state index contributed by atoms with van der Waals surface area (Å²) in [5.41, 5.74) is 2.04. The molecule has 3 rings (SSSR count). The van der Waals surface area contributed by atoms with E-state index in [2.05, 4.69) is 26.0 Å². The zero-order chi connectivity index (χ0) is 20.5.